The highest BCUT2D eigenvalue weighted by Gasteiger charge is 1.96. The average molecular weight is 242 g/mol. The Kier molecular flexibility index (Phi) is 4.31. The first-order chi connectivity index (χ1) is 8.78. The number of aromatic nitrogens is 1. The Bertz CT molecular complexity index is 494. The van der Waals surface area contributed by atoms with E-state index in [0.717, 1.165) is 30.2 Å². The molecule has 0 radical (unpaired) electrons. The minimum atomic E-state index is 0.785. The van der Waals surface area contributed by atoms with Crippen molar-refractivity contribution in [2.75, 3.05) is 7.11 Å². The van der Waals surface area contributed by atoms with Crippen molar-refractivity contribution in [2.45, 2.75) is 20.0 Å². The van der Waals surface area contributed by atoms with Crippen molar-refractivity contribution in [1.29, 1.82) is 0 Å². The molecule has 0 bridgehead atoms. The molecule has 2 aromatic rings. The van der Waals surface area contributed by atoms with Gasteiger partial charge in [-0.3, -0.25) is 4.98 Å². The van der Waals surface area contributed by atoms with Gasteiger partial charge in [-0.1, -0.05) is 18.2 Å². The first-order valence-corrected chi connectivity index (χ1v) is 6.04. The molecular weight excluding hydrogens is 224 g/mol. The Labute approximate surface area is 108 Å². The predicted molar refractivity (Wildman–Crippen MR) is 72.5 cm³/mol. The summed E-state index contributed by atoms with van der Waals surface area (Å²) in [6.07, 6.45) is 0. The normalized spacial score (nSPS) is 10.3. The van der Waals surface area contributed by atoms with Gasteiger partial charge in [0, 0.05) is 18.8 Å². The van der Waals surface area contributed by atoms with Gasteiger partial charge < -0.3 is 10.1 Å². The highest BCUT2D eigenvalue weighted by atomic mass is 16.5. The summed E-state index contributed by atoms with van der Waals surface area (Å²) < 4.78 is 5.13. The van der Waals surface area contributed by atoms with Crippen LogP contribution in [0.15, 0.2) is 42.5 Å². The summed E-state index contributed by atoms with van der Waals surface area (Å²) in [7, 11) is 1.68. The maximum absolute atomic E-state index is 5.13. The van der Waals surface area contributed by atoms with Crippen LogP contribution in [0, 0.1) is 6.92 Å². The molecule has 0 aliphatic rings. The first-order valence-electron chi connectivity index (χ1n) is 6.04. The Morgan fingerprint density at radius 1 is 1.06 bits per heavy atom. The molecule has 18 heavy (non-hydrogen) atoms. The smallest absolute Gasteiger partial charge is 0.118 e. The van der Waals surface area contributed by atoms with E-state index in [1.54, 1.807) is 7.11 Å². The molecule has 1 aromatic carbocycles. The van der Waals surface area contributed by atoms with Crippen LogP contribution in [-0.4, -0.2) is 12.1 Å². The second-order valence-corrected chi connectivity index (χ2v) is 4.22. The van der Waals surface area contributed by atoms with Gasteiger partial charge in [-0.25, -0.2) is 0 Å². The molecule has 0 aliphatic carbocycles. The second kappa shape index (κ2) is 6.17. The van der Waals surface area contributed by atoms with E-state index in [-0.39, 0.29) is 0 Å². The second-order valence-electron chi connectivity index (χ2n) is 4.22. The monoisotopic (exact) mass is 242 g/mol. The number of benzene rings is 1. The van der Waals surface area contributed by atoms with Crippen LogP contribution in [0.5, 0.6) is 5.75 Å². The van der Waals surface area contributed by atoms with Crippen molar-refractivity contribution in [3.8, 4) is 5.75 Å². The zero-order chi connectivity index (χ0) is 12.8. The highest BCUT2D eigenvalue weighted by molar-refractivity contribution is 5.27. The summed E-state index contributed by atoms with van der Waals surface area (Å²) in [5.41, 5.74) is 3.37. The Balaban J connectivity index is 1.84. The zero-order valence-corrected chi connectivity index (χ0v) is 10.8. The van der Waals surface area contributed by atoms with E-state index < -0.39 is 0 Å². The lowest BCUT2D eigenvalue weighted by Gasteiger charge is -2.06. The Morgan fingerprint density at radius 3 is 2.50 bits per heavy atom. The van der Waals surface area contributed by atoms with Gasteiger partial charge in [0.2, 0.25) is 0 Å². The molecular formula is C15H18N2O. The lowest BCUT2D eigenvalue weighted by molar-refractivity contribution is 0.414. The van der Waals surface area contributed by atoms with Gasteiger partial charge in [0.05, 0.1) is 12.8 Å². The number of ether oxygens (including phenoxy) is 1. The van der Waals surface area contributed by atoms with Crippen molar-refractivity contribution in [3.05, 3.63) is 59.4 Å². The van der Waals surface area contributed by atoms with Gasteiger partial charge in [-0.05, 0) is 36.8 Å². The first kappa shape index (κ1) is 12.6. The molecule has 1 N–H and O–H groups in total. The quantitative estimate of drug-likeness (QED) is 0.875. The molecule has 2 rings (SSSR count). The van der Waals surface area contributed by atoms with Crippen molar-refractivity contribution in [2.24, 2.45) is 0 Å². The maximum atomic E-state index is 5.13. The van der Waals surface area contributed by atoms with Gasteiger partial charge in [0.15, 0.2) is 0 Å². The third kappa shape index (κ3) is 3.57. The molecule has 0 aliphatic heterocycles. The lowest BCUT2D eigenvalue weighted by Crippen LogP contribution is -2.13. The van der Waals surface area contributed by atoms with E-state index in [4.69, 9.17) is 4.74 Å². The molecule has 0 saturated heterocycles. The van der Waals surface area contributed by atoms with E-state index in [2.05, 4.69) is 22.4 Å². The van der Waals surface area contributed by atoms with Gasteiger partial charge in [0.25, 0.3) is 0 Å². The summed E-state index contributed by atoms with van der Waals surface area (Å²) in [5, 5.41) is 3.38. The molecule has 3 heteroatoms. The van der Waals surface area contributed by atoms with E-state index in [0.29, 0.717) is 0 Å². The van der Waals surface area contributed by atoms with Crippen LogP contribution < -0.4 is 10.1 Å². The lowest BCUT2D eigenvalue weighted by atomic mass is 10.2. The fourth-order valence-electron chi connectivity index (χ4n) is 1.78. The number of nitrogens with one attached hydrogen (secondary N) is 1. The van der Waals surface area contributed by atoms with E-state index in [1.807, 2.05) is 37.3 Å². The summed E-state index contributed by atoms with van der Waals surface area (Å²) in [6, 6.07) is 14.2. The summed E-state index contributed by atoms with van der Waals surface area (Å²) >= 11 is 0. The largest absolute Gasteiger partial charge is 0.497 e. The van der Waals surface area contributed by atoms with Crippen LogP contribution in [0.2, 0.25) is 0 Å². The number of hydrogen-bond acceptors (Lipinski definition) is 3. The van der Waals surface area contributed by atoms with Crippen LogP contribution in [0.3, 0.4) is 0 Å². The summed E-state index contributed by atoms with van der Waals surface area (Å²) in [6.45, 7) is 3.63. The average Bonchev–Trinajstić information content (AvgIpc) is 2.40. The third-order valence-electron chi connectivity index (χ3n) is 2.74. The van der Waals surface area contributed by atoms with E-state index in [1.165, 1.54) is 5.56 Å². The number of rotatable bonds is 5. The van der Waals surface area contributed by atoms with Crippen molar-refractivity contribution < 1.29 is 4.74 Å². The third-order valence-corrected chi connectivity index (χ3v) is 2.74. The van der Waals surface area contributed by atoms with Gasteiger partial charge in [-0.15, -0.1) is 0 Å². The summed E-state index contributed by atoms with van der Waals surface area (Å²) in [4.78, 5) is 4.45. The minimum absolute atomic E-state index is 0.785. The molecule has 0 atom stereocenters. The van der Waals surface area contributed by atoms with Crippen molar-refractivity contribution in [3.63, 3.8) is 0 Å². The minimum Gasteiger partial charge on any atom is -0.497 e. The van der Waals surface area contributed by atoms with Crippen LogP contribution in [0.4, 0.5) is 0 Å². The molecule has 0 amide bonds. The predicted octanol–water partition coefficient (Wildman–Crippen LogP) is 2.69. The molecule has 0 saturated carbocycles. The van der Waals surface area contributed by atoms with Crippen LogP contribution in [-0.2, 0) is 13.1 Å². The number of pyridine rings is 1. The number of methoxy groups -OCH3 is 1. The van der Waals surface area contributed by atoms with Crippen molar-refractivity contribution >= 4 is 0 Å². The SMILES string of the molecule is COc1ccc(CNCc2cccc(C)n2)cc1. The Morgan fingerprint density at radius 2 is 1.83 bits per heavy atom. The Hall–Kier alpha value is -1.87. The van der Waals surface area contributed by atoms with Gasteiger partial charge >= 0.3 is 0 Å². The molecule has 1 heterocycles. The molecule has 0 spiro atoms. The fraction of sp³-hybridized carbons (Fsp3) is 0.267. The van der Waals surface area contributed by atoms with Crippen LogP contribution >= 0.6 is 0 Å². The van der Waals surface area contributed by atoms with E-state index >= 15 is 0 Å². The van der Waals surface area contributed by atoms with Gasteiger partial charge in [0.1, 0.15) is 5.75 Å². The number of hydrogen-bond donors (Lipinski definition) is 1. The molecule has 1 aromatic heterocycles. The molecule has 0 fully saturated rings. The molecule has 3 nitrogen and oxygen atoms in total. The topological polar surface area (TPSA) is 34.1 Å². The standard InChI is InChI=1S/C15H18N2O/c1-12-4-3-5-14(17-12)11-16-10-13-6-8-15(18-2)9-7-13/h3-9,16H,10-11H2,1-2H3. The highest BCUT2D eigenvalue weighted by Crippen LogP contribution is 2.11. The molecule has 94 valence electrons. The molecule has 0 unspecified atom stereocenters. The zero-order valence-electron chi connectivity index (χ0n) is 10.8. The summed E-state index contributed by atoms with van der Waals surface area (Å²) in [5.74, 6) is 0.888. The number of aryl methyl sites for hydroxylation is 1. The van der Waals surface area contributed by atoms with Crippen LogP contribution in [0.25, 0.3) is 0 Å². The van der Waals surface area contributed by atoms with Gasteiger partial charge in [-0.2, -0.15) is 0 Å². The van der Waals surface area contributed by atoms with Crippen LogP contribution in [0.1, 0.15) is 17.0 Å². The van der Waals surface area contributed by atoms with E-state index in [9.17, 15) is 0 Å². The number of nitrogens with zero attached hydrogens (tertiary/aromatic N) is 1. The fourth-order valence-corrected chi connectivity index (χ4v) is 1.78. The maximum Gasteiger partial charge on any atom is 0.118 e. The van der Waals surface area contributed by atoms with Crippen molar-refractivity contribution in [1.82, 2.24) is 10.3 Å².